The van der Waals surface area contributed by atoms with Gasteiger partial charge in [-0.05, 0) is 33.1 Å². The maximum Gasteiger partial charge on any atom is 0.311 e. The fraction of sp³-hybridized carbons (Fsp3) is 0.706. The van der Waals surface area contributed by atoms with Crippen LogP contribution in [0.25, 0.3) is 0 Å². The third kappa shape index (κ3) is 5.08. The van der Waals surface area contributed by atoms with Crippen LogP contribution in [0, 0.1) is 17.3 Å². The maximum absolute atomic E-state index is 12.4. The molecule has 130 valence electrons. The van der Waals surface area contributed by atoms with Crippen molar-refractivity contribution >= 4 is 17.8 Å². The predicted octanol–water partition coefficient (Wildman–Crippen LogP) is 2.09. The number of ether oxygens (including phenoxy) is 1. The minimum Gasteiger partial charge on any atom is -0.481 e. The van der Waals surface area contributed by atoms with Crippen molar-refractivity contribution in [2.24, 2.45) is 17.3 Å². The van der Waals surface area contributed by atoms with E-state index in [2.05, 4.69) is 0 Å². The number of hydrogen-bond donors (Lipinski definition) is 1. The molecule has 1 aliphatic carbocycles. The molecular formula is C17H27NO5. The van der Waals surface area contributed by atoms with Gasteiger partial charge in [0, 0.05) is 7.05 Å². The standard InChI is InChI=1S/C17H27NO5/c1-5-17(2,3)16(22)23-11-10-18(4)14(19)12-8-6-7-9-13(12)15(20)21/h6-7,12-13H,5,8-11H2,1-4H3,(H,20,21). The van der Waals surface area contributed by atoms with E-state index in [1.165, 1.54) is 4.90 Å². The molecule has 0 bridgehead atoms. The fourth-order valence-corrected chi connectivity index (χ4v) is 2.37. The molecule has 0 aromatic heterocycles. The number of carbonyl (C=O) groups excluding carboxylic acids is 2. The summed E-state index contributed by atoms with van der Waals surface area (Å²) in [7, 11) is 1.61. The van der Waals surface area contributed by atoms with E-state index in [0.29, 0.717) is 19.3 Å². The number of allylic oxidation sites excluding steroid dienone is 2. The van der Waals surface area contributed by atoms with Crippen LogP contribution in [0.15, 0.2) is 12.2 Å². The van der Waals surface area contributed by atoms with Gasteiger partial charge in [-0.3, -0.25) is 14.4 Å². The van der Waals surface area contributed by atoms with E-state index >= 15 is 0 Å². The van der Waals surface area contributed by atoms with E-state index in [1.54, 1.807) is 13.1 Å². The van der Waals surface area contributed by atoms with Gasteiger partial charge in [-0.1, -0.05) is 19.1 Å². The summed E-state index contributed by atoms with van der Waals surface area (Å²) in [6.45, 7) is 5.92. The van der Waals surface area contributed by atoms with Gasteiger partial charge >= 0.3 is 11.9 Å². The molecule has 0 saturated carbocycles. The van der Waals surface area contributed by atoms with Crippen LogP contribution in [-0.4, -0.2) is 48.1 Å². The highest BCUT2D eigenvalue weighted by atomic mass is 16.5. The first-order valence-electron chi connectivity index (χ1n) is 8.00. The van der Waals surface area contributed by atoms with Gasteiger partial charge in [0.25, 0.3) is 0 Å². The average molecular weight is 325 g/mol. The van der Waals surface area contributed by atoms with Gasteiger partial charge in [0.2, 0.25) is 5.91 Å². The Morgan fingerprint density at radius 3 is 2.30 bits per heavy atom. The third-order valence-corrected chi connectivity index (χ3v) is 4.54. The van der Waals surface area contributed by atoms with Gasteiger partial charge in [0.15, 0.2) is 0 Å². The monoisotopic (exact) mass is 325 g/mol. The topological polar surface area (TPSA) is 83.9 Å². The summed E-state index contributed by atoms with van der Waals surface area (Å²) in [5.74, 6) is -2.68. The molecule has 0 saturated heterocycles. The largest absolute Gasteiger partial charge is 0.481 e. The first-order chi connectivity index (χ1) is 10.7. The Kier molecular flexibility index (Phi) is 6.79. The second-order valence-electron chi connectivity index (χ2n) is 6.63. The van der Waals surface area contributed by atoms with E-state index in [1.807, 2.05) is 26.8 Å². The van der Waals surface area contributed by atoms with E-state index in [4.69, 9.17) is 4.74 Å². The number of aliphatic carboxylic acids is 1. The number of hydrogen-bond acceptors (Lipinski definition) is 4. The quantitative estimate of drug-likeness (QED) is 0.572. The normalized spacial score (nSPS) is 20.9. The highest BCUT2D eigenvalue weighted by molar-refractivity contribution is 5.85. The molecule has 1 rings (SSSR count). The van der Waals surface area contributed by atoms with Crippen molar-refractivity contribution < 1.29 is 24.2 Å². The van der Waals surface area contributed by atoms with Crippen molar-refractivity contribution in [3.8, 4) is 0 Å². The number of amides is 1. The van der Waals surface area contributed by atoms with E-state index in [-0.39, 0.29) is 25.0 Å². The van der Waals surface area contributed by atoms with Crippen molar-refractivity contribution in [1.29, 1.82) is 0 Å². The Morgan fingerprint density at radius 2 is 1.78 bits per heavy atom. The Balaban J connectivity index is 2.52. The summed E-state index contributed by atoms with van der Waals surface area (Å²) in [6.07, 6.45) is 5.13. The third-order valence-electron chi connectivity index (χ3n) is 4.54. The second kappa shape index (κ2) is 8.13. The molecule has 1 amide bonds. The summed E-state index contributed by atoms with van der Waals surface area (Å²) in [4.78, 5) is 37.0. The van der Waals surface area contributed by atoms with Crippen LogP contribution < -0.4 is 0 Å². The van der Waals surface area contributed by atoms with Crippen molar-refractivity contribution in [2.75, 3.05) is 20.2 Å². The fourth-order valence-electron chi connectivity index (χ4n) is 2.37. The van der Waals surface area contributed by atoms with Gasteiger partial charge in [-0.2, -0.15) is 0 Å². The van der Waals surface area contributed by atoms with Gasteiger partial charge in [0.1, 0.15) is 6.61 Å². The van der Waals surface area contributed by atoms with Crippen LogP contribution in [-0.2, 0) is 19.1 Å². The Hall–Kier alpha value is -1.85. The molecule has 6 heteroatoms. The lowest BCUT2D eigenvalue weighted by molar-refractivity contribution is -0.156. The lowest BCUT2D eigenvalue weighted by Crippen LogP contribution is -2.41. The maximum atomic E-state index is 12.4. The SMILES string of the molecule is CCC(C)(C)C(=O)OCCN(C)C(=O)C1CC=CCC1C(=O)O. The molecule has 0 fully saturated rings. The van der Waals surface area contributed by atoms with Gasteiger partial charge in [-0.15, -0.1) is 0 Å². The summed E-state index contributed by atoms with van der Waals surface area (Å²) >= 11 is 0. The highest BCUT2D eigenvalue weighted by Crippen LogP contribution is 2.27. The van der Waals surface area contributed by atoms with Crippen LogP contribution in [0.4, 0.5) is 0 Å². The van der Waals surface area contributed by atoms with E-state index in [9.17, 15) is 19.5 Å². The van der Waals surface area contributed by atoms with Crippen molar-refractivity contribution in [1.82, 2.24) is 4.90 Å². The summed E-state index contributed by atoms with van der Waals surface area (Å²) < 4.78 is 5.22. The Labute approximate surface area is 137 Å². The lowest BCUT2D eigenvalue weighted by Gasteiger charge is -2.29. The minimum atomic E-state index is -0.947. The zero-order valence-corrected chi connectivity index (χ0v) is 14.4. The van der Waals surface area contributed by atoms with Crippen molar-refractivity contribution in [2.45, 2.75) is 40.0 Å². The van der Waals surface area contributed by atoms with Gasteiger partial charge < -0.3 is 14.7 Å². The molecule has 23 heavy (non-hydrogen) atoms. The van der Waals surface area contributed by atoms with Crippen LogP contribution in [0.2, 0.25) is 0 Å². The first kappa shape index (κ1) is 19.2. The number of esters is 1. The zero-order chi connectivity index (χ0) is 17.6. The van der Waals surface area contributed by atoms with Gasteiger partial charge in [0.05, 0.1) is 23.8 Å². The predicted molar refractivity (Wildman–Crippen MR) is 85.7 cm³/mol. The van der Waals surface area contributed by atoms with E-state index in [0.717, 1.165) is 0 Å². The lowest BCUT2D eigenvalue weighted by atomic mass is 9.82. The number of rotatable bonds is 7. The molecule has 0 aromatic rings. The molecule has 0 aromatic carbocycles. The number of nitrogens with zero attached hydrogens (tertiary/aromatic N) is 1. The van der Waals surface area contributed by atoms with Gasteiger partial charge in [-0.25, -0.2) is 0 Å². The smallest absolute Gasteiger partial charge is 0.311 e. The second-order valence-corrected chi connectivity index (χ2v) is 6.63. The highest BCUT2D eigenvalue weighted by Gasteiger charge is 2.35. The molecular weight excluding hydrogens is 298 g/mol. The molecule has 1 N–H and O–H groups in total. The van der Waals surface area contributed by atoms with Crippen LogP contribution in [0.1, 0.15) is 40.0 Å². The number of carboxylic acid groups (broad SMARTS) is 1. The number of carbonyl (C=O) groups is 3. The van der Waals surface area contributed by atoms with Crippen LogP contribution in [0.5, 0.6) is 0 Å². The van der Waals surface area contributed by atoms with Crippen LogP contribution in [0.3, 0.4) is 0 Å². The first-order valence-corrected chi connectivity index (χ1v) is 8.00. The molecule has 2 unspecified atom stereocenters. The molecule has 2 atom stereocenters. The van der Waals surface area contributed by atoms with Crippen LogP contribution >= 0.6 is 0 Å². The molecule has 0 aliphatic heterocycles. The summed E-state index contributed by atoms with van der Waals surface area (Å²) in [6, 6.07) is 0. The van der Waals surface area contributed by atoms with Crippen molar-refractivity contribution in [3.05, 3.63) is 12.2 Å². The molecule has 6 nitrogen and oxygen atoms in total. The van der Waals surface area contributed by atoms with E-state index < -0.39 is 23.2 Å². The molecule has 1 aliphatic rings. The minimum absolute atomic E-state index is 0.116. The zero-order valence-electron chi connectivity index (χ0n) is 14.4. The molecule has 0 spiro atoms. The molecule has 0 radical (unpaired) electrons. The van der Waals surface area contributed by atoms with Crippen molar-refractivity contribution in [3.63, 3.8) is 0 Å². The molecule has 0 heterocycles. The Bertz CT molecular complexity index is 483. The number of carboxylic acids is 1. The number of likely N-dealkylation sites (N-methyl/N-ethyl adjacent to an activating group) is 1. The Morgan fingerprint density at radius 1 is 1.22 bits per heavy atom. The average Bonchev–Trinajstić information content (AvgIpc) is 2.53. The summed E-state index contributed by atoms with van der Waals surface area (Å²) in [5, 5.41) is 9.23. The summed E-state index contributed by atoms with van der Waals surface area (Å²) in [5.41, 5.74) is -0.537.